The second kappa shape index (κ2) is 13.9. The minimum absolute atomic E-state index is 0.0270. The van der Waals surface area contributed by atoms with Gasteiger partial charge in [0.15, 0.2) is 0 Å². The molecule has 0 saturated carbocycles. The van der Waals surface area contributed by atoms with Crippen molar-refractivity contribution >= 4 is 27.5 Å². The minimum atomic E-state index is -4.16. The van der Waals surface area contributed by atoms with Crippen molar-refractivity contribution < 1.29 is 22.4 Å². The van der Waals surface area contributed by atoms with E-state index < -0.39 is 34.3 Å². The van der Waals surface area contributed by atoms with Crippen LogP contribution in [0.4, 0.5) is 10.1 Å². The van der Waals surface area contributed by atoms with Crippen LogP contribution in [0.2, 0.25) is 0 Å². The molecular weight excluding hydrogens is 553 g/mol. The fourth-order valence-corrected chi connectivity index (χ4v) is 6.21. The van der Waals surface area contributed by atoms with Crippen LogP contribution in [0.1, 0.15) is 23.6 Å². The first kappa shape index (κ1) is 30.5. The van der Waals surface area contributed by atoms with Crippen LogP contribution < -0.4 is 9.62 Å². The molecule has 7 nitrogen and oxygen atoms in total. The molecule has 4 rings (SSSR count). The SMILES string of the molecule is CCNC(=O)[C@@H](Cc1ccccc1)N(Cc1ccc(F)cc1)C(=O)CN(c1ccccc1C)S(=O)(=O)c1ccccc1. The van der Waals surface area contributed by atoms with Crippen molar-refractivity contribution in [1.29, 1.82) is 0 Å². The predicted molar refractivity (Wildman–Crippen MR) is 162 cm³/mol. The molecular formula is C33H34FN3O4S. The lowest BCUT2D eigenvalue weighted by Crippen LogP contribution is -2.53. The lowest BCUT2D eigenvalue weighted by Gasteiger charge is -2.34. The number of sulfonamides is 1. The van der Waals surface area contributed by atoms with Gasteiger partial charge in [-0.05, 0) is 60.9 Å². The molecule has 0 unspecified atom stereocenters. The molecule has 0 aliphatic rings. The summed E-state index contributed by atoms with van der Waals surface area (Å²) in [7, 11) is -4.16. The van der Waals surface area contributed by atoms with Crippen LogP contribution in [-0.2, 0) is 32.6 Å². The molecule has 4 aromatic carbocycles. The summed E-state index contributed by atoms with van der Waals surface area (Å²) in [6.45, 7) is 3.33. The number of benzene rings is 4. The van der Waals surface area contributed by atoms with Crippen LogP contribution in [-0.4, -0.2) is 44.3 Å². The number of aryl methyl sites for hydroxylation is 1. The molecule has 9 heteroatoms. The number of hydrogen-bond acceptors (Lipinski definition) is 4. The van der Waals surface area contributed by atoms with E-state index in [-0.39, 0.29) is 23.8 Å². The molecule has 218 valence electrons. The molecule has 0 aliphatic heterocycles. The monoisotopic (exact) mass is 587 g/mol. The van der Waals surface area contributed by atoms with Crippen molar-refractivity contribution in [3.63, 3.8) is 0 Å². The van der Waals surface area contributed by atoms with E-state index in [1.807, 2.05) is 30.3 Å². The average Bonchev–Trinajstić information content (AvgIpc) is 3.00. The van der Waals surface area contributed by atoms with E-state index in [0.29, 0.717) is 23.4 Å². The van der Waals surface area contributed by atoms with E-state index in [1.165, 1.54) is 29.2 Å². The number of para-hydroxylation sites is 1. The highest BCUT2D eigenvalue weighted by Crippen LogP contribution is 2.27. The van der Waals surface area contributed by atoms with Gasteiger partial charge >= 0.3 is 0 Å². The van der Waals surface area contributed by atoms with Crippen LogP contribution in [0.3, 0.4) is 0 Å². The number of amides is 2. The Morgan fingerprint density at radius 2 is 1.40 bits per heavy atom. The van der Waals surface area contributed by atoms with Crippen molar-refractivity contribution in [2.45, 2.75) is 37.8 Å². The predicted octanol–water partition coefficient (Wildman–Crippen LogP) is 5.11. The largest absolute Gasteiger partial charge is 0.355 e. The molecule has 0 bridgehead atoms. The second-order valence-electron chi connectivity index (χ2n) is 9.86. The summed E-state index contributed by atoms with van der Waals surface area (Å²) in [5.41, 5.74) is 2.45. The van der Waals surface area contributed by atoms with Crippen LogP contribution in [0.15, 0.2) is 114 Å². The van der Waals surface area contributed by atoms with Gasteiger partial charge in [0.1, 0.15) is 18.4 Å². The Morgan fingerprint density at radius 1 is 0.810 bits per heavy atom. The number of anilines is 1. The zero-order chi connectivity index (χ0) is 30.1. The van der Waals surface area contributed by atoms with Gasteiger partial charge in [0.05, 0.1) is 10.6 Å². The third-order valence-electron chi connectivity index (χ3n) is 6.88. The molecule has 1 atom stereocenters. The second-order valence-corrected chi connectivity index (χ2v) is 11.7. The summed E-state index contributed by atoms with van der Waals surface area (Å²) in [6.07, 6.45) is 0.204. The maximum Gasteiger partial charge on any atom is 0.264 e. The standard InChI is InChI=1S/C33H34FN3O4S/c1-3-35-33(39)31(22-26-13-6-4-7-14-26)36(23-27-18-20-28(34)21-19-27)32(38)24-37(30-17-11-10-12-25(30)2)42(40,41)29-15-8-5-9-16-29/h4-21,31H,3,22-24H2,1-2H3,(H,35,39)/t31-/m1/s1. The summed E-state index contributed by atoms with van der Waals surface area (Å²) < 4.78 is 42.8. The van der Waals surface area contributed by atoms with Crippen molar-refractivity contribution in [3.05, 3.63) is 132 Å². The van der Waals surface area contributed by atoms with E-state index in [1.54, 1.807) is 68.4 Å². The van der Waals surface area contributed by atoms with Crippen LogP contribution in [0.25, 0.3) is 0 Å². The summed E-state index contributed by atoms with van der Waals surface area (Å²) in [4.78, 5) is 29.2. The number of carbonyl (C=O) groups excluding carboxylic acids is 2. The summed E-state index contributed by atoms with van der Waals surface area (Å²) in [5, 5.41) is 2.82. The molecule has 0 aliphatic carbocycles. The molecule has 2 amide bonds. The molecule has 0 saturated heterocycles. The van der Waals surface area contributed by atoms with Crippen LogP contribution in [0.5, 0.6) is 0 Å². The Kier molecular flexibility index (Phi) is 10.1. The van der Waals surface area contributed by atoms with Gasteiger partial charge in [0.25, 0.3) is 10.0 Å². The highest BCUT2D eigenvalue weighted by Gasteiger charge is 2.34. The highest BCUT2D eigenvalue weighted by atomic mass is 32.2. The first-order valence-corrected chi connectivity index (χ1v) is 15.1. The molecule has 0 radical (unpaired) electrons. The maximum absolute atomic E-state index is 14.3. The quantitative estimate of drug-likeness (QED) is 0.250. The van der Waals surface area contributed by atoms with Gasteiger partial charge in [-0.2, -0.15) is 0 Å². The van der Waals surface area contributed by atoms with E-state index in [2.05, 4.69) is 5.32 Å². The van der Waals surface area contributed by atoms with Gasteiger partial charge in [-0.25, -0.2) is 12.8 Å². The Labute approximate surface area is 246 Å². The molecule has 1 N–H and O–H groups in total. The maximum atomic E-state index is 14.3. The number of halogens is 1. The van der Waals surface area contributed by atoms with Gasteiger partial charge in [-0.15, -0.1) is 0 Å². The molecule has 42 heavy (non-hydrogen) atoms. The Bertz CT molecular complexity index is 1600. The number of carbonyl (C=O) groups is 2. The van der Waals surface area contributed by atoms with Crippen LogP contribution >= 0.6 is 0 Å². The highest BCUT2D eigenvalue weighted by molar-refractivity contribution is 7.92. The normalized spacial score (nSPS) is 11.9. The van der Waals surface area contributed by atoms with Crippen molar-refractivity contribution in [3.8, 4) is 0 Å². The number of hydrogen-bond donors (Lipinski definition) is 1. The third-order valence-corrected chi connectivity index (χ3v) is 8.66. The lowest BCUT2D eigenvalue weighted by atomic mass is 10.0. The lowest BCUT2D eigenvalue weighted by molar-refractivity contribution is -0.140. The van der Waals surface area contributed by atoms with Crippen LogP contribution in [0, 0.1) is 12.7 Å². The van der Waals surface area contributed by atoms with E-state index in [4.69, 9.17) is 0 Å². The first-order chi connectivity index (χ1) is 20.2. The van der Waals surface area contributed by atoms with E-state index >= 15 is 0 Å². The molecule has 4 aromatic rings. The molecule has 0 spiro atoms. The topological polar surface area (TPSA) is 86.8 Å². The Balaban J connectivity index is 1.79. The third kappa shape index (κ3) is 7.41. The number of rotatable bonds is 12. The van der Waals surface area contributed by atoms with E-state index in [9.17, 15) is 22.4 Å². The number of likely N-dealkylation sites (N-methyl/N-ethyl adjacent to an activating group) is 1. The summed E-state index contributed by atoms with van der Waals surface area (Å²) in [5.74, 6) is -1.37. The zero-order valence-electron chi connectivity index (χ0n) is 23.6. The van der Waals surface area contributed by atoms with Gasteiger partial charge in [-0.1, -0.05) is 78.9 Å². The van der Waals surface area contributed by atoms with E-state index in [0.717, 1.165) is 9.87 Å². The number of nitrogens with one attached hydrogen (secondary N) is 1. The van der Waals surface area contributed by atoms with Gasteiger partial charge in [0, 0.05) is 19.5 Å². The fraction of sp³-hybridized carbons (Fsp3) is 0.212. The molecule has 0 fully saturated rings. The minimum Gasteiger partial charge on any atom is -0.355 e. The zero-order valence-corrected chi connectivity index (χ0v) is 24.4. The van der Waals surface area contributed by atoms with Crippen molar-refractivity contribution in [1.82, 2.24) is 10.2 Å². The fourth-order valence-electron chi connectivity index (χ4n) is 4.71. The van der Waals surface area contributed by atoms with Crippen molar-refractivity contribution in [2.24, 2.45) is 0 Å². The van der Waals surface area contributed by atoms with Crippen molar-refractivity contribution in [2.75, 3.05) is 17.4 Å². The molecule has 0 aromatic heterocycles. The average molecular weight is 588 g/mol. The summed E-state index contributed by atoms with van der Waals surface area (Å²) >= 11 is 0. The number of nitrogens with zero attached hydrogens (tertiary/aromatic N) is 2. The van der Waals surface area contributed by atoms with Gasteiger partial charge in [0.2, 0.25) is 11.8 Å². The smallest absolute Gasteiger partial charge is 0.264 e. The Hall–Kier alpha value is -4.50. The van der Waals surface area contributed by atoms with Gasteiger partial charge in [-0.3, -0.25) is 13.9 Å². The van der Waals surface area contributed by atoms with Gasteiger partial charge < -0.3 is 10.2 Å². The summed E-state index contributed by atoms with van der Waals surface area (Å²) in [6, 6.07) is 28.9. The molecule has 0 heterocycles. The Morgan fingerprint density at radius 3 is 2.02 bits per heavy atom. The first-order valence-electron chi connectivity index (χ1n) is 13.7.